The molecule has 9 heteroatoms. The number of imidazole rings is 1. The molecule has 1 aromatic heterocycles. The Morgan fingerprint density at radius 3 is 2.67 bits per heavy atom. The number of hydrogen-bond acceptors (Lipinski definition) is 6. The van der Waals surface area contributed by atoms with Gasteiger partial charge in [-0.05, 0) is 42.5 Å². The van der Waals surface area contributed by atoms with Crippen LogP contribution < -0.4 is 15.5 Å². The van der Waals surface area contributed by atoms with E-state index >= 15 is 0 Å². The van der Waals surface area contributed by atoms with Gasteiger partial charge in [-0.25, -0.2) is 4.98 Å². The number of nitrogens with zero attached hydrogens (tertiary/aromatic N) is 2. The van der Waals surface area contributed by atoms with Crippen LogP contribution in [-0.4, -0.2) is 65.8 Å². The van der Waals surface area contributed by atoms with Gasteiger partial charge in [-0.15, -0.1) is 0 Å². The predicted molar refractivity (Wildman–Crippen MR) is 113 cm³/mol. The van der Waals surface area contributed by atoms with E-state index in [1.165, 1.54) is 0 Å². The van der Waals surface area contributed by atoms with Crippen LogP contribution >= 0.6 is 0 Å². The van der Waals surface area contributed by atoms with E-state index in [1.807, 2.05) is 12.1 Å². The van der Waals surface area contributed by atoms with Gasteiger partial charge >= 0.3 is 0 Å². The summed E-state index contributed by atoms with van der Waals surface area (Å²) in [6, 6.07) is 11.3. The fourth-order valence-electron chi connectivity index (χ4n) is 3.32. The molecular weight excluding hydrogens is 386 g/mol. The Balaban J connectivity index is 1.37. The smallest absolute Gasteiger partial charge is 0.252 e. The third-order valence-corrected chi connectivity index (χ3v) is 5.00. The minimum absolute atomic E-state index is 0.368. The lowest BCUT2D eigenvalue weighted by molar-refractivity contribution is -0.118. The summed E-state index contributed by atoms with van der Waals surface area (Å²) in [5.41, 5.74) is 3.46. The van der Waals surface area contributed by atoms with Crippen molar-refractivity contribution in [3.8, 4) is 0 Å². The van der Waals surface area contributed by atoms with Crippen molar-refractivity contribution in [2.75, 3.05) is 43.1 Å². The van der Waals surface area contributed by atoms with Gasteiger partial charge in [0.05, 0.1) is 37.2 Å². The Bertz CT molecular complexity index is 1030. The Morgan fingerprint density at radius 2 is 1.93 bits per heavy atom. The highest BCUT2D eigenvalue weighted by Gasteiger charge is 2.21. The highest BCUT2D eigenvalue weighted by Crippen LogP contribution is 2.19. The molecule has 4 N–H and O–H groups in total. The summed E-state index contributed by atoms with van der Waals surface area (Å²) in [5, 5.41) is 14.9. The normalized spacial score (nSPS) is 15.0. The Hall–Kier alpha value is -3.43. The summed E-state index contributed by atoms with van der Waals surface area (Å²) >= 11 is 0. The van der Waals surface area contributed by atoms with Gasteiger partial charge in [-0.3, -0.25) is 9.59 Å². The molecule has 2 heterocycles. The Labute approximate surface area is 173 Å². The summed E-state index contributed by atoms with van der Waals surface area (Å²) in [7, 11) is 0. The molecule has 3 aromatic rings. The molecule has 1 fully saturated rings. The van der Waals surface area contributed by atoms with E-state index in [9.17, 15) is 14.7 Å². The van der Waals surface area contributed by atoms with Crippen molar-refractivity contribution in [2.24, 2.45) is 0 Å². The number of morpholine rings is 1. The van der Waals surface area contributed by atoms with Gasteiger partial charge < -0.3 is 30.4 Å². The second-order valence-electron chi connectivity index (χ2n) is 6.98. The standard InChI is InChI=1S/C21H23N5O4/c27-12-19(25-20(28)14-1-6-17-18(11-14)23-13-22-17)21(29)24-15-2-4-16(5-3-15)26-7-9-30-10-8-26/h1-6,11,13,19,27H,7-10,12H2,(H,22,23)(H,24,29)(H,25,28). The summed E-state index contributed by atoms with van der Waals surface area (Å²) < 4.78 is 5.36. The lowest BCUT2D eigenvalue weighted by atomic mass is 10.1. The topological polar surface area (TPSA) is 120 Å². The van der Waals surface area contributed by atoms with E-state index in [4.69, 9.17) is 4.74 Å². The molecule has 0 spiro atoms. The first-order chi connectivity index (χ1) is 14.6. The van der Waals surface area contributed by atoms with Crippen molar-refractivity contribution < 1.29 is 19.4 Å². The Kier molecular flexibility index (Phi) is 5.92. The zero-order valence-corrected chi connectivity index (χ0v) is 16.3. The summed E-state index contributed by atoms with van der Waals surface area (Å²) in [4.78, 5) is 34.3. The SMILES string of the molecule is O=C(NC(CO)C(=O)Nc1ccc(N2CCOCC2)cc1)c1ccc2nc[nH]c2c1. The third kappa shape index (κ3) is 4.42. The quantitative estimate of drug-likeness (QED) is 0.485. The van der Waals surface area contributed by atoms with Crippen LogP contribution in [-0.2, 0) is 9.53 Å². The van der Waals surface area contributed by atoms with Crippen molar-refractivity contribution in [3.63, 3.8) is 0 Å². The average molecular weight is 409 g/mol. The number of benzene rings is 2. The lowest BCUT2D eigenvalue weighted by Gasteiger charge is -2.29. The number of aromatic amines is 1. The van der Waals surface area contributed by atoms with Crippen LogP contribution in [0.5, 0.6) is 0 Å². The number of rotatable bonds is 6. The highest BCUT2D eigenvalue weighted by atomic mass is 16.5. The van der Waals surface area contributed by atoms with Crippen LogP contribution in [0.3, 0.4) is 0 Å². The second kappa shape index (κ2) is 8.93. The van der Waals surface area contributed by atoms with Gasteiger partial charge in [0.1, 0.15) is 6.04 Å². The molecule has 156 valence electrons. The molecule has 1 aliphatic heterocycles. The maximum Gasteiger partial charge on any atom is 0.252 e. The van der Waals surface area contributed by atoms with Crippen molar-refractivity contribution >= 4 is 34.2 Å². The fraction of sp³-hybridized carbons (Fsp3) is 0.286. The van der Waals surface area contributed by atoms with Crippen LogP contribution in [0.1, 0.15) is 10.4 Å². The van der Waals surface area contributed by atoms with E-state index < -0.39 is 24.5 Å². The average Bonchev–Trinajstić information content (AvgIpc) is 3.26. The first kappa shape index (κ1) is 19.9. The number of aromatic nitrogens is 2. The van der Waals surface area contributed by atoms with Gasteiger partial charge in [0.15, 0.2) is 0 Å². The minimum Gasteiger partial charge on any atom is -0.394 e. The van der Waals surface area contributed by atoms with E-state index in [0.29, 0.717) is 30.0 Å². The number of hydrogen-bond donors (Lipinski definition) is 4. The van der Waals surface area contributed by atoms with Crippen molar-refractivity contribution in [2.45, 2.75) is 6.04 Å². The molecule has 1 atom stereocenters. The summed E-state index contributed by atoms with van der Waals surface area (Å²) in [5.74, 6) is -0.948. The maximum atomic E-state index is 12.5. The lowest BCUT2D eigenvalue weighted by Crippen LogP contribution is -2.46. The van der Waals surface area contributed by atoms with Crippen LogP contribution in [0, 0.1) is 0 Å². The molecule has 0 bridgehead atoms. The highest BCUT2D eigenvalue weighted by molar-refractivity contribution is 6.02. The number of amides is 2. The number of nitrogens with one attached hydrogen (secondary N) is 3. The molecule has 0 saturated carbocycles. The number of carbonyl (C=O) groups is 2. The molecule has 9 nitrogen and oxygen atoms in total. The molecular formula is C21H23N5O4. The first-order valence-electron chi connectivity index (χ1n) is 9.72. The maximum absolute atomic E-state index is 12.5. The van der Waals surface area contributed by atoms with Gasteiger partial charge in [0.2, 0.25) is 5.91 Å². The number of carbonyl (C=O) groups excluding carboxylic acids is 2. The van der Waals surface area contributed by atoms with Crippen LogP contribution in [0.15, 0.2) is 48.8 Å². The molecule has 0 radical (unpaired) electrons. The predicted octanol–water partition coefficient (Wildman–Crippen LogP) is 1.13. The summed E-state index contributed by atoms with van der Waals surface area (Å²) in [6.07, 6.45) is 1.54. The number of fused-ring (bicyclic) bond motifs is 1. The largest absolute Gasteiger partial charge is 0.394 e. The minimum atomic E-state index is -1.08. The number of ether oxygens (including phenoxy) is 1. The van der Waals surface area contributed by atoms with Gasteiger partial charge in [0.25, 0.3) is 5.91 Å². The van der Waals surface area contributed by atoms with E-state index in [0.717, 1.165) is 24.3 Å². The molecule has 2 aromatic carbocycles. The van der Waals surface area contributed by atoms with Crippen LogP contribution in [0.4, 0.5) is 11.4 Å². The molecule has 4 rings (SSSR count). The third-order valence-electron chi connectivity index (χ3n) is 5.00. The van der Waals surface area contributed by atoms with E-state index in [2.05, 4.69) is 25.5 Å². The number of anilines is 2. The van der Waals surface area contributed by atoms with Crippen molar-refractivity contribution in [1.29, 1.82) is 0 Å². The molecule has 2 amide bonds. The van der Waals surface area contributed by atoms with Crippen molar-refractivity contribution in [1.82, 2.24) is 15.3 Å². The monoisotopic (exact) mass is 409 g/mol. The van der Waals surface area contributed by atoms with E-state index in [1.54, 1.807) is 36.7 Å². The number of H-pyrrole nitrogens is 1. The summed E-state index contributed by atoms with van der Waals surface area (Å²) in [6.45, 7) is 2.53. The number of aliphatic hydroxyl groups is 1. The fourth-order valence-corrected chi connectivity index (χ4v) is 3.32. The number of aliphatic hydroxyl groups excluding tert-OH is 1. The second-order valence-corrected chi connectivity index (χ2v) is 6.98. The van der Waals surface area contributed by atoms with Gasteiger partial charge in [-0.1, -0.05) is 0 Å². The first-order valence-corrected chi connectivity index (χ1v) is 9.72. The van der Waals surface area contributed by atoms with Gasteiger partial charge in [-0.2, -0.15) is 0 Å². The Morgan fingerprint density at radius 1 is 1.17 bits per heavy atom. The molecule has 30 heavy (non-hydrogen) atoms. The van der Waals surface area contributed by atoms with Gasteiger partial charge in [0, 0.05) is 30.0 Å². The zero-order valence-electron chi connectivity index (χ0n) is 16.3. The van der Waals surface area contributed by atoms with Crippen LogP contribution in [0.2, 0.25) is 0 Å². The molecule has 1 unspecified atom stereocenters. The molecule has 1 aliphatic rings. The van der Waals surface area contributed by atoms with E-state index in [-0.39, 0.29) is 0 Å². The molecule has 1 saturated heterocycles. The van der Waals surface area contributed by atoms with Crippen LogP contribution in [0.25, 0.3) is 11.0 Å². The van der Waals surface area contributed by atoms with Crippen molar-refractivity contribution in [3.05, 3.63) is 54.4 Å². The zero-order chi connectivity index (χ0) is 20.9. The molecule has 0 aliphatic carbocycles.